The van der Waals surface area contributed by atoms with E-state index in [2.05, 4.69) is 10.3 Å². The molecule has 100 valence electrons. The van der Waals surface area contributed by atoms with Gasteiger partial charge in [0.05, 0.1) is 6.61 Å². The molecule has 19 heavy (non-hydrogen) atoms. The first-order valence-corrected chi connectivity index (χ1v) is 6.33. The Morgan fingerprint density at radius 1 is 1.32 bits per heavy atom. The number of ether oxygens (including phenoxy) is 2. The van der Waals surface area contributed by atoms with Crippen molar-refractivity contribution in [2.24, 2.45) is 0 Å². The van der Waals surface area contributed by atoms with Crippen molar-refractivity contribution in [3.63, 3.8) is 0 Å². The highest BCUT2D eigenvalue weighted by atomic mass is 16.6. The average molecular weight is 260 g/mol. The summed E-state index contributed by atoms with van der Waals surface area (Å²) in [6, 6.07) is 5.78. The van der Waals surface area contributed by atoms with Crippen molar-refractivity contribution < 1.29 is 14.6 Å². The van der Waals surface area contributed by atoms with E-state index < -0.39 is 0 Å². The van der Waals surface area contributed by atoms with Crippen LogP contribution < -0.4 is 14.8 Å². The fourth-order valence-electron chi connectivity index (χ4n) is 2.10. The minimum atomic E-state index is -0.0497. The highest BCUT2D eigenvalue weighted by molar-refractivity contribution is 5.94. The fraction of sp³-hybridized carbons (Fsp3) is 0.357. The smallest absolute Gasteiger partial charge is 0.162 e. The number of hydrogen-bond acceptors (Lipinski definition) is 5. The Kier molecular flexibility index (Phi) is 3.13. The van der Waals surface area contributed by atoms with Crippen LogP contribution in [0.25, 0.3) is 10.8 Å². The minimum absolute atomic E-state index is 0.0497. The molecule has 5 heteroatoms. The molecule has 0 spiro atoms. The van der Waals surface area contributed by atoms with Gasteiger partial charge in [0.2, 0.25) is 0 Å². The summed E-state index contributed by atoms with van der Waals surface area (Å²) in [5, 5.41) is 14.3. The maximum atomic E-state index is 9.13. The number of anilines is 1. The average Bonchev–Trinajstić information content (AvgIpc) is 2.45. The molecule has 0 amide bonds. The molecule has 0 saturated carbocycles. The summed E-state index contributed by atoms with van der Waals surface area (Å²) in [5.74, 6) is 2.26. The van der Waals surface area contributed by atoms with E-state index in [1.54, 1.807) is 6.20 Å². The topological polar surface area (TPSA) is 63.6 Å². The third kappa shape index (κ3) is 2.29. The van der Waals surface area contributed by atoms with Gasteiger partial charge in [-0.05, 0) is 30.5 Å². The van der Waals surface area contributed by atoms with Gasteiger partial charge < -0.3 is 19.9 Å². The maximum absolute atomic E-state index is 9.13. The molecule has 0 fully saturated rings. The van der Waals surface area contributed by atoms with Gasteiger partial charge in [0, 0.05) is 17.6 Å². The van der Waals surface area contributed by atoms with E-state index in [0.717, 1.165) is 28.1 Å². The van der Waals surface area contributed by atoms with Crippen molar-refractivity contribution in [1.82, 2.24) is 4.98 Å². The summed E-state index contributed by atoms with van der Waals surface area (Å²) < 4.78 is 11.2. The first kappa shape index (κ1) is 12.0. The van der Waals surface area contributed by atoms with Crippen molar-refractivity contribution in [3.8, 4) is 11.5 Å². The lowest BCUT2D eigenvalue weighted by molar-refractivity contribution is 0.172. The van der Waals surface area contributed by atoms with E-state index in [1.165, 1.54) is 0 Å². The van der Waals surface area contributed by atoms with Crippen LogP contribution in [-0.2, 0) is 0 Å². The fourth-order valence-corrected chi connectivity index (χ4v) is 2.10. The number of aromatic nitrogens is 1. The molecule has 1 unspecified atom stereocenters. The van der Waals surface area contributed by atoms with Crippen molar-refractivity contribution in [3.05, 3.63) is 24.4 Å². The number of nitrogens with zero attached hydrogens (tertiary/aromatic N) is 1. The molecule has 1 aliphatic heterocycles. The minimum Gasteiger partial charge on any atom is -0.486 e. The normalized spacial score (nSPS) is 15.3. The summed E-state index contributed by atoms with van der Waals surface area (Å²) in [4.78, 5) is 4.33. The van der Waals surface area contributed by atoms with Gasteiger partial charge in [0.1, 0.15) is 19.0 Å². The van der Waals surface area contributed by atoms with E-state index in [1.807, 2.05) is 25.1 Å². The van der Waals surface area contributed by atoms with Crippen molar-refractivity contribution in [1.29, 1.82) is 0 Å². The van der Waals surface area contributed by atoms with Gasteiger partial charge in [-0.3, -0.25) is 0 Å². The number of nitrogens with one attached hydrogen (secondary N) is 1. The third-order valence-electron chi connectivity index (χ3n) is 3.08. The lowest BCUT2D eigenvalue weighted by Crippen LogP contribution is -2.20. The zero-order chi connectivity index (χ0) is 13.2. The van der Waals surface area contributed by atoms with Crippen LogP contribution in [0.3, 0.4) is 0 Å². The highest BCUT2D eigenvalue weighted by Gasteiger charge is 2.15. The van der Waals surface area contributed by atoms with Crippen LogP contribution in [-0.4, -0.2) is 36.0 Å². The van der Waals surface area contributed by atoms with Crippen LogP contribution in [0.5, 0.6) is 11.5 Å². The molecular formula is C14H16N2O3. The summed E-state index contributed by atoms with van der Waals surface area (Å²) in [6.07, 6.45) is 1.74. The van der Waals surface area contributed by atoms with Gasteiger partial charge in [-0.15, -0.1) is 0 Å². The second-order valence-electron chi connectivity index (χ2n) is 4.60. The molecule has 2 aromatic rings. The molecule has 5 nitrogen and oxygen atoms in total. The lowest BCUT2D eigenvalue weighted by Gasteiger charge is -2.20. The van der Waals surface area contributed by atoms with Gasteiger partial charge in [-0.1, -0.05) is 0 Å². The Labute approximate surface area is 111 Å². The maximum Gasteiger partial charge on any atom is 0.162 e. The summed E-state index contributed by atoms with van der Waals surface area (Å²) in [7, 11) is 0. The van der Waals surface area contributed by atoms with Crippen LogP contribution in [0.4, 0.5) is 5.82 Å². The lowest BCUT2D eigenvalue weighted by atomic mass is 10.1. The Morgan fingerprint density at radius 2 is 2.05 bits per heavy atom. The van der Waals surface area contributed by atoms with E-state index in [-0.39, 0.29) is 12.6 Å². The molecule has 0 radical (unpaired) electrons. The molecule has 1 atom stereocenters. The van der Waals surface area contributed by atoms with Crippen molar-refractivity contribution >= 4 is 16.6 Å². The molecular weight excluding hydrogens is 244 g/mol. The quantitative estimate of drug-likeness (QED) is 0.881. The summed E-state index contributed by atoms with van der Waals surface area (Å²) in [5.41, 5.74) is 0. The zero-order valence-corrected chi connectivity index (χ0v) is 10.7. The van der Waals surface area contributed by atoms with Gasteiger partial charge >= 0.3 is 0 Å². The van der Waals surface area contributed by atoms with E-state index in [0.29, 0.717) is 13.2 Å². The van der Waals surface area contributed by atoms with Crippen LogP contribution in [0.1, 0.15) is 6.92 Å². The number of pyridine rings is 1. The van der Waals surface area contributed by atoms with Crippen LogP contribution in [0.2, 0.25) is 0 Å². The van der Waals surface area contributed by atoms with E-state index in [4.69, 9.17) is 14.6 Å². The highest BCUT2D eigenvalue weighted by Crippen LogP contribution is 2.36. The van der Waals surface area contributed by atoms with Gasteiger partial charge in [-0.25, -0.2) is 4.98 Å². The Balaban J connectivity index is 2.08. The second kappa shape index (κ2) is 4.93. The van der Waals surface area contributed by atoms with Crippen LogP contribution >= 0.6 is 0 Å². The molecule has 2 heterocycles. The van der Waals surface area contributed by atoms with Gasteiger partial charge in [0.25, 0.3) is 0 Å². The number of aliphatic hydroxyl groups is 1. The van der Waals surface area contributed by atoms with Crippen molar-refractivity contribution in [2.45, 2.75) is 13.0 Å². The Hall–Kier alpha value is -2.01. The predicted octanol–water partition coefficient (Wildman–Crippen LogP) is 1.80. The zero-order valence-electron chi connectivity index (χ0n) is 10.7. The largest absolute Gasteiger partial charge is 0.486 e. The van der Waals surface area contributed by atoms with E-state index in [9.17, 15) is 0 Å². The molecule has 1 aromatic heterocycles. The standard InChI is InChI=1S/C14H16N2O3/c1-9(8-17)16-14-11-7-13-12(18-4-5-19-13)6-10(11)2-3-15-14/h2-3,6-7,9,17H,4-5,8H2,1H3,(H,15,16). The Morgan fingerprint density at radius 3 is 2.79 bits per heavy atom. The molecule has 1 aliphatic rings. The van der Waals surface area contributed by atoms with Crippen LogP contribution in [0, 0.1) is 0 Å². The molecule has 0 bridgehead atoms. The Bertz CT molecular complexity index is 601. The summed E-state index contributed by atoms with van der Waals surface area (Å²) >= 11 is 0. The summed E-state index contributed by atoms with van der Waals surface area (Å²) in [6.45, 7) is 3.10. The molecule has 1 aromatic carbocycles. The van der Waals surface area contributed by atoms with Crippen molar-refractivity contribution in [2.75, 3.05) is 25.1 Å². The SMILES string of the molecule is CC(CO)Nc1nccc2cc3c(cc12)OCCO3. The number of hydrogen-bond donors (Lipinski definition) is 2. The predicted molar refractivity (Wildman–Crippen MR) is 72.9 cm³/mol. The van der Waals surface area contributed by atoms with Gasteiger partial charge in [-0.2, -0.15) is 0 Å². The second-order valence-corrected chi connectivity index (χ2v) is 4.60. The number of fused-ring (bicyclic) bond motifs is 2. The van der Waals surface area contributed by atoms with E-state index >= 15 is 0 Å². The first-order valence-electron chi connectivity index (χ1n) is 6.33. The van der Waals surface area contributed by atoms with Crippen LogP contribution in [0.15, 0.2) is 24.4 Å². The molecule has 3 rings (SSSR count). The monoisotopic (exact) mass is 260 g/mol. The number of aliphatic hydroxyl groups excluding tert-OH is 1. The van der Waals surface area contributed by atoms with Gasteiger partial charge in [0.15, 0.2) is 11.5 Å². The molecule has 0 saturated heterocycles. The number of benzene rings is 1. The number of rotatable bonds is 3. The molecule has 2 N–H and O–H groups in total. The molecule has 0 aliphatic carbocycles. The first-order chi connectivity index (χ1) is 9.28. The third-order valence-corrected chi connectivity index (χ3v) is 3.08.